The Morgan fingerprint density at radius 3 is 2.64 bits per heavy atom. The summed E-state index contributed by atoms with van der Waals surface area (Å²) in [5.41, 5.74) is 5.44. The van der Waals surface area contributed by atoms with Crippen molar-refractivity contribution in [2.45, 2.75) is 18.5 Å². The first kappa shape index (κ1) is 8.26. The van der Waals surface area contributed by atoms with Crippen molar-refractivity contribution in [2.24, 2.45) is 0 Å². The molecule has 1 aromatic rings. The van der Waals surface area contributed by atoms with Crippen molar-refractivity contribution in [3.8, 4) is 0 Å². The van der Waals surface area contributed by atoms with E-state index in [1.165, 1.54) is 11.8 Å². The minimum atomic E-state index is 0.307. The van der Waals surface area contributed by atoms with Gasteiger partial charge in [-0.3, -0.25) is 0 Å². The maximum atomic E-state index is 5.44. The molecule has 0 atom stereocenters. The maximum absolute atomic E-state index is 5.44. The molecule has 0 saturated carbocycles. The molecule has 11 heavy (non-hydrogen) atoms. The molecule has 4 nitrogen and oxygen atoms in total. The lowest BCUT2D eigenvalue weighted by Gasteiger charge is -1.98. The molecule has 0 spiro atoms. The summed E-state index contributed by atoms with van der Waals surface area (Å²) in [4.78, 5) is 12.0. The van der Waals surface area contributed by atoms with Gasteiger partial charge in [-0.1, -0.05) is 18.7 Å². The fourth-order valence-electron chi connectivity index (χ4n) is 0.665. The van der Waals surface area contributed by atoms with E-state index in [0.717, 1.165) is 12.2 Å². The van der Waals surface area contributed by atoms with Crippen molar-refractivity contribution in [1.29, 1.82) is 0 Å². The van der Waals surface area contributed by atoms with Gasteiger partial charge in [0.15, 0.2) is 5.16 Å². The first-order valence-corrected chi connectivity index (χ1v) is 4.53. The number of nitrogens with two attached hydrogens (primary N) is 1. The number of hydrogen-bond donors (Lipinski definition) is 1. The number of nitrogen functional groups attached to an aromatic ring is 1. The van der Waals surface area contributed by atoms with E-state index in [9.17, 15) is 0 Å². The molecule has 0 aromatic carbocycles. The predicted octanol–water partition coefficient (Wildman–Crippen LogP) is 0.738. The minimum Gasteiger partial charge on any atom is -0.368 e. The minimum absolute atomic E-state index is 0.307. The summed E-state index contributed by atoms with van der Waals surface area (Å²) in [5, 5.41) is 0.689. The van der Waals surface area contributed by atoms with Gasteiger partial charge in [0.05, 0.1) is 0 Å². The molecule has 0 unspecified atom stereocenters. The van der Waals surface area contributed by atoms with Crippen molar-refractivity contribution in [2.75, 3.05) is 12.0 Å². The lowest BCUT2D eigenvalue weighted by atomic mass is 10.5. The lowest BCUT2D eigenvalue weighted by molar-refractivity contribution is 0.826. The van der Waals surface area contributed by atoms with E-state index in [1.807, 2.05) is 13.2 Å². The fourth-order valence-corrected chi connectivity index (χ4v) is 1.05. The van der Waals surface area contributed by atoms with Gasteiger partial charge in [0.25, 0.3) is 0 Å². The summed E-state index contributed by atoms with van der Waals surface area (Å²) in [6, 6.07) is 0. The Morgan fingerprint density at radius 1 is 1.36 bits per heavy atom. The largest absolute Gasteiger partial charge is 0.368 e. The van der Waals surface area contributed by atoms with Crippen LogP contribution in [-0.2, 0) is 6.42 Å². The van der Waals surface area contributed by atoms with Crippen LogP contribution in [0, 0.1) is 0 Å². The third kappa shape index (κ3) is 2.04. The number of nitrogens with zero attached hydrogens (tertiary/aromatic N) is 3. The Balaban J connectivity index is 3.02. The van der Waals surface area contributed by atoms with Gasteiger partial charge in [-0.15, -0.1) is 0 Å². The highest BCUT2D eigenvalue weighted by Crippen LogP contribution is 2.08. The van der Waals surface area contributed by atoms with Crippen molar-refractivity contribution < 1.29 is 0 Å². The topological polar surface area (TPSA) is 64.7 Å². The molecule has 1 heterocycles. The molecule has 0 amide bonds. The Labute approximate surface area is 69.6 Å². The number of anilines is 1. The Bertz CT molecular complexity index is 228. The first-order valence-electron chi connectivity index (χ1n) is 3.30. The fraction of sp³-hybridized carbons (Fsp3) is 0.500. The number of rotatable bonds is 2. The smallest absolute Gasteiger partial charge is 0.224 e. The van der Waals surface area contributed by atoms with E-state index in [0.29, 0.717) is 11.1 Å². The zero-order chi connectivity index (χ0) is 8.27. The second-order valence-electron chi connectivity index (χ2n) is 1.95. The van der Waals surface area contributed by atoms with E-state index < -0.39 is 0 Å². The standard InChI is InChI=1S/C6H10N4S/c1-3-4-8-5(7)10-6(9-4)11-2/h3H2,1-2H3,(H2,7,8,9,10). The van der Waals surface area contributed by atoms with Crippen LogP contribution in [0.15, 0.2) is 5.16 Å². The van der Waals surface area contributed by atoms with Gasteiger partial charge in [-0.2, -0.15) is 9.97 Å². The third-order valence-electron chi connectivity index (χ3n) is 1.18. The molecular formula is C6H10N4S. The lowest BCUT2D eigenvalue weighted by Crippen LogP contribution is -2.02. The van der Waals surface area contributed by atoms with E-state index in [1.54, 1.807) is 0 Å². The number of aryl methyl sites for hydroxylation is 1. The number of hydrogen-bond acceptors (Lipinski definition) is 5. The van der Waals surface area contributed by atoms with Crippen molar-refractivity contribution >= 4 is 17.7 Å². The second-order valence-corrected chi connectivity index (χ2v) is 2.72. The molecule has 1 rings (SSSR count). The van der Waals surface area contributed by atoms with Crippen LogP contribution in [0.5, 0.6) is 0 Å². The first-order chi connectivity index (χ1) is 5.26. The molecule has 0 saturated heterocycles. The van der Waals surface area contributed by atoms with Crippen molar-refractivity contribution in [3.05, 3.63) is 5.82 Å². The molecule has 0 aliphatic carbocycles. The summed E-state index contributed by atoms with van der Waals surface area (Å²) >= 11 is 1.47. The van der Waals surface area contributed by atoms with Gasteiger partial charge in [-0.05, 0) is 6.26 Å². The monoisotopic (exact) mass is 170 g/mol. The normalized spacial score (nSPS) is 10.0. The number of thioether (sulfide) groups is 1. The van der Waals surface area contributed by atoms with Crippen LogP contribution < -0.4 is 5.73 Å². The second kappa shape index (κ2) is 3.52. The van der Waals surface area contributed by atoms with Crippen LogP contribution >= 0.6 is 11.8 Å². The highest BCUT2D eigenvalue weighted by Gasteiger charge is 1.99. The molecule has 5 heteroatoms. The molecular weight excluding hydrogens is 160 g/mol. The molecule has 0 aliphatic rings. The zero-order valence-electron chi connectivity index (χ0n) is 6.53. The van der Waals surface area contributed by atoms with Crippen LogP contribution in [-0.4, -0.2) is 21.2 Å². The van der Waals surface area contributed by atoms with E-state index >= 15 is 0 Å². The third-order valence-corrected chi connectivity index (χ3v) is 1.73. The SMILES string of the molecule is CCc1nc(N)nc(SC)n1. The Hall–Kier alpha value is -0.840. The molecule has 0 radical (unpaired) electrons. The highest BCUT2D eigenvalue weighted by atomic mass is 32.2. The van der Waals surface area contributed by atoms with Crippen molar-refractivity contribution in [3.63, 3.8) is 0 Å². The quantitative estimate of drug-likeness (QED) is 0.663. The molecule has 2 N–H and O–H groups in total. The van der Waals surface area contributed by atoms with Crippen LogP contribution in [0.3, 0.4) is 0 Å². The van der Waals surface area contributed by atoms with Gasteiger partial charge in [0.2, 0.25) is 5.95 Å². The highest BCUT2D eigenvalue weighted by molar-refractivity contribution is 7.98. The van der Waals surface area contributed by atoms with Crippen LogP contribution in [0.25, 0.3) is 0 Å². The number of aromatic nitrogens is 3. The summed E-state index contributed by atoms with van der Waals surface area (Å²) in [7, 11) is 0. The predicted molar refractivity (Wildman–Crippen MR) is 45.4 cm³/mol. The molecule has 1 aromatic heterocycles. The summed E-state index contributed by atoms with van der Waals surface area (Å²) in [6.07, 6.45) is 2.70. The Morgan fingerprint density at radius 2 is 2.09 bits per heavy atom. The van der Waals surface area contributed by atoms with E-state index in [2.05, 4.69) is 15.0 Å². The molecule has 60 valence electrons. The van der Waals surface area contributed by atoms with E-state index in [-0.39, 0.29) is 0 Å². The molecule has 0 fully saturated rings. The van der Waals surface area contributed by atoms with Gasteiger partial charge in [-0.25, -0.2) is 4.98 Å². The molecule has 0 aliphatic heterocycles. The summed E-state index contributed by atoms with van der Waals surface area (Å²) < 4.78 is 0. The van der Waals surface area contributed by atoms with Crippen LogP contribution in [0.1, 0.15) is 12.7 Å². The van der Waals surface area contributed by atoms with Gasteiger partial charge < -0.3 is 5.73 Å². The average Bonchev–Trinajstić information content (AvgIpc) is 2.03. The zero-order valence-corrected chi connectivity index (χ0v) is 7.35. The summed E-state index contributed by atoms with van der Waals surface area (Å²) in [5.74, 6) is 1.06. The summed E-state index contributed by atoms with van der Waals surface area (Å²) in [6.45, 7) is 1.98. The van der Waals surface area contributed by atoms with Gasteiger partial charge in [0.1, 0.15) is 5.82 Å². The van der Waals surface area contributed by atoms with Gasteiger partial charge >= 0.3 is 0 Å². The Kier molecular flexibility index (Phi) is 2.64. The van der Waals surface area contributed by atoms with Crippen molar-refractivity contribution in [1.82, 2.24) is 15.0 Å². The molecule has 0 bridgehead atoms. The van der Waals surface area contributed by atoms with Crippen LogP contribution in [0.4, 0.5) is 5.95 Å². The van der Waals surface area contributed by atoms with Gasteiger partial charge in [0, 0.05) is 6.42 Å². The average molecular weight is 170 g/mol. The van der Waals surface area contributed by atoms with E-state index in [4.69, 9.17) is 5.73 Å². The maximum Gasteiger partial charge on any atom is 0.224 e. The van der Waals surface area contributed by atoms with Crippen LogP contribution in [0.2, 0.25) is 0 Å².